The second-order valence-corrected chi connectivity index (χ2v) is 11.2. The summed E-state index contributed by atoms with van der Waals surface area (Å²) in [4.78, 5) is 23.5. The van der Waals surface area contributed by atoms with Crippen molar-refractivity contribution < 1.29 is 14.3 Å². The van der Waals surface area contributed by atoms with Crippen molar-refractivity contribution in [2.24, 2.45) is 5.92 Å². The third-order valence-corrected chi connectivity index (χ3v) is 8.29. The summed E-state index contributed by atoms with van der Waals surface area (Å²) < 4.78 is 13.5. The molecular weight excluding hydrogens is 577 g/mol. The molecule has 1 amide bonds. The fraction of sp³-hybridized carbons (Fsp3) is 0.300. The fourth-order valence-electron chi connectivity index (χ4n) is 5.16. The number of nitrogens with zero attached hydrogens (tertiary/aromatic N) is 6. The fourth-order valence-corrected chi connectivity index (χ4v) is 5.45. The Morgan fingerprint density at radius 1 is 1.07 bits per heavy atom. The van der Waals surface area contributed by atoms with Gasteiger partial charge in [0.25, 0.3) is 5.91 Å². The number of nitriles is 1. The molecule has 0 unspecified atom stereocenters. The summed E-state index contributed by atoms with van der Waals surface area (Å²) in [5.74, 6) is 1.95. The Bertz CT molecular complexity index is 1750. The van der Waals surface area contributed by atoms with Crippen molar-refractivity contribution in [2.45, 2.75) is 31.7 Å². The molecule has 0 bridgehead atoms. The first-order valence-corrected chi connectivity index (χ1v) is 14.3. The summed E-state index contributed by atoms with van der Waals surface area (Å²) in [5.41, 5.74) is 8.56. The third-order valence-electron chi connectivity index (χ3n) is 7.55. The number of methoxy groups -OCH3 is 1. The van der Waals surface area contributed by atoms with Gasteiger partial charge in [0, 0.05) is 24.7 Å². The van der Waals surface area contributed by atoms with Gasteiger partial charge in [-0.1, -0.05) is 29.3 Å². The number of rotatable bonds is 7. The first-order chi connectivity index (χ1) is 20.4. The maximum atomic E-state index is 13.0. The molecule has 4 aromatic rings. The molecule has 2 aromatic carbocycles. The van der Waals surface area contributed by atoms with Crippen LogP contribution in [0, 0.1) is 17.2 Å². The first-order valence-electron chi connectivity index (χ1n) is 13.6. The molecule has 42 heavy (non-hydrogen) atoms. The summed E-state index contributed by atoms with van der Waals surface area (Å²) in [6.45, 7) is 1.03. The molecule has 10 nitrogen and oxygen atoms in total. The van der Waals surface area contributed by atoms with E-state index in [-0.39, 0.29) is 17.5 Å². The molecule has 0 radical (unpaired) electrons. The molecule has 0 atom stereocenters. The number of anilines is 1. The lowest BCUT2D eigenvalue weighted by atomic mass is 10.0. The number of ether oxygens (including phenoxy) is 2. The zero-order valence-corrected chi connectivity index (χ0v) is 24.3. The van der Waals surface area contributed by atoms with Crippen molar-refractivity contribution in [2.75, 3.05) is 25.9 Å². The number of benzene rings is 2. The SMILES string of the molecule is COc1cc(-c2nn(C3CCN(C(=O)C(C#N)=CC4CC4)CC3)c3ncnc(N)c23)ccc1Oc1ccc(Cl)c(Cl)c1. The highest BCUT2D eigenvalue weighted by Gasteiger charge is 2.30. The molecule has 2 aromatic heterocycles. The van der Waals surface area contributed by atoms with Crippen molar-refractivity contribution in [3.63, 3.8) is 0 Å². The van der Waals surface area contributed by atoms with E-state index in [2.05, 4.69) is 16.0 Å². The van der Waals surface area contributed by atoms with Crippen LogP contribution in [0.1, 0.15) is 31.7 Å². The van der Waals surface area contributed by atoms with Gasteiger partial charge in [0.05, 0.1) is 28.6 Å². The van der Waals surface area contributed by atoms with E-state index in [0.29, 0.717) is 81.7 Å². The Labute approximate surface area is 252 Å². The van der Waals surface area contributed by atoms with E-state index < -0.39 is 0 Å². The Morgan fingerprint density at radius 3 is 2.55 bits per heavy atom. The van der Waals surface area contributed by atoms with Crippen molar-refractivity contribution in [3.05, 3.63) is 64.4 Å². The highest BCUT2D eigenvalue weighted by molar-refractivity contribution is 6.42. The molecule has 1 aliphatic heterocycles. The highest BCUT2D eigenvalue weighted by Crippen LogP contribution is 2.40. The molecule has 2 fully saturated rings. The van der Waals surface area contributed by atoms with Gasteiger partial charge in [-0.3, -0.25) is 4.79 Å². The maximum Gasteiger partial charge on any atom is 0.264 e. The number of likely N-dealkylation sites (tertiary alicyclic amines) is 1. The molecule has 2 aliphatic rings. The zero-order chi connectivity index (χ0) is 29.4. The van der Waals surface area contributed by atoms with E-state index in [0.717, 1.165) is 18.4 Å². The Kier molecular flexibility index (Phi) is 7.62. The zero-order valence-electron chi connectivity index (χ0n) is 22.8. The van der Waals surface area contributed by atoms with E-state index >= 15 is 0 Å². The lowest BCUT2D eigenvalue weighted by Crippen LogP contribution is -2.39. The van der Waals surface area contributed by atoms with Gasteiger partial charge in [-0.2, -0.15) is 10.4 Å². The smallest absolute Gasteiger partial charge is 0.264 e. The number of nitrogens with two attached hydrogens (primary N) is 1. The van der Waals surface area contributed by atoms with Gasteiger partial charge in [-0.25, -0.2) is 14.6 Å². The van der Waals surface area contributed by atoms with Gasteiger partial charge in [-0.15, -0.1) is 0 Å². The van der Waals surface area contributed by atoms with Crippen LogP contribution >= 0.6 is 23.2 Å². The Morgan fingerprint density at radius 2 is 1.86 bits per heavy atom. The van der Waals surface area contributed by atoms with E-state index in [4.69, 9.17) is 43.5 Å². The molecule has 1 saturated carbocycles. The lowest BCUT2D eigenvalue weighted by molar-refractivity contribution is -0.128. The van der Waals surface area contributed by atoms with Crippen molar-refractivity contribution in [3.8, 4) is 34.6 Å². The predicted octanol–water partition coefficient (Wildman–Crippen LogP) is 6.21. The van der Waals surface area contributed by atoms with Crippen LogP contribution in [0.4, 0.5) is 5.82 Å². The minimum absolute atomic E-state index is 0.0169. The number of aromatic nitrogens is 4. The average Bonchev–Trinajstić information content (AvgIpc) is 3.75. The number of carbonyl (C=O) groups is 1. The van der Waals surface area contributed by atoms with Crippen molar-refractivity contribution in [1.82, 2.24) is 24.6 Å². The summed E-state index contributed by atoms with van der Waals surface area (Å²) >= 11 is 12.2. The Balaban J connectivity index is 1.28. The van der Waals surface area contributed by atoms with Crippen LogP contribution in [0.25, 0.3) is 22.3 Å². The van der Waals surface area contributed by atoms with Crippen LogP contribution in [-0.4, -0.2) is 50.8 Å². The van der Waals surface area contributed by atoms with Gasteiger partial charge in [0.2, 0.25) is 0 Å². The number of halogens is 2. The van der Waals surface area contributed by atoms with Crippen LogP contribution in [0.5, 0.6) is 17.2 Å². The van der Waals surface area contributed by atoms with E-state index in [9.17, 15) is 10.1 Å². The summed E-state index contributed by atoms with van der Waals surface area (Å²) in [6, 6.07) is 12.6. The van der Waals surface area contributed by atoms with Crippen molar-refractivity contribution in [1.29, 1.82) is 5.26 Å². The van der Waals surface area contributed by atoms with E-state index in [1.807, 2.05) is 22.9 Å². The summed E-state index contributed by atoms with van der Waals surface area (Å²) in [5, 5.41) is 15.9. The number of hydrogen-bond acceptors (Lipinski definition) is 8. The molecule has 2 N–H and O–H groups in total. The number of piperidine rings is 1. The topological polar surface area (TPSA) is 132 Å². The van der Waals surface area contributed by atoms with E-state index in [1.165, 1.54) is 6.33 Å². The average molecular weight is 604 g/mol. The predicted molar refractivity (Wildman–Crippen MR) is 160 cm³/mol. The van der Waals surface area contributed by atoms with Crippen LogP contribution in [0.3, 0.4) is 0 Å². The number of fused-ring (bicyclic) bond motifs is 1. The molecule has 3 heterocycles. The molecular formula is C30H27Cl2N7O3. The normalized spacial score (nSPS) is 16.0. The van der Waals surface area contributed by atoms with Gasteiger partial charge in [-0.05, 0) is 61.9 Å². The standard InChI is InChI=1S/C30H27Cl2N7O3/c1-41-25-13-18(4-7-24(25)42-21-5-6-22(31)23(32)14-21)27-26-28(34)35-16-36-29(26)39(37-27)20-8-10-38(11-9-20)30(40)19(15-33)12-17-2-3-17/h4-7,12-14,16-17,20H,2-3,8-11H2,1H3,(H2,34,35,36). The summed E-state index contributed by atoms with van der Waals surface area (Å²) in [7, 11) is 1.56. The number of carbonyl (C=O) groups excluding carboxylic acids is 1. The quantitative estimate of drug-likeness (QED) is 0.195. The monoisotopic (exact) mass is 603 g/mol. The second-order valence-electron chi connectivity index (χ2n) is 10.3. The number of hydrogen-bond donors (Lipinski definition) is 1. The van der Waals surface area contributed by atoms with Crippen LogP contribution < -0.4 is 15.2 Å². The van der Waals surface area contributed by atoms with E-state index in [1.54, 1.807) is 36.3 Å². The Hall–Kier alpha value is -4.33. The van der Waals surface area contributed by atoms with Crippen LogP contribution in [0.2, 0.25) is 10.0 Å². The van der Waals surface area contributed by atoms with Crippen LogP contribution in [-0.2, 0) is 4.79 Å². The molecule has 0 spiro atoms. The van der Waals surface area contributed by atoms with Gasteiger partial charge < -0.3 is 20.1 Å². The van der Waals surface area contributed by atoms with Gasteiger partial charge >= 0.3 is 0 Å². The first kappa shape index (κ1) is 27.8. The summed E-state index contributed by atoms with van der Waals surface area (Å²) in [6.07, 6.45) is 6.64. The molecule has 214 valence electrons. The van der Waals surface area contributed by atoms with Gasteiger partial charge in [0.1, 0.15) is 35.2 Å². The van der Waals surface area contributed by atoms with Gasteiger partial charge in [0.15, 0.2) is 17.1 Å². The maximum absolute atomic E-state index is 13.0. The number of nitrogen functional groups attached to an aromatic ring is 1. The highest BCUT2D eigenvalue weighted by atomic mass is 35.5. The molecule has 6 rings (SSSR count). The van der Waals surface area contributed by atoms with Crippen molar-refractivity contribution >= 4 is 46.0 Å². The minimum atomic E-state index is -0.198. The van der Waals surface area contributed by atoms with Crippen LogP contribution in [0.15, 0.2) is 54.4 Å². The molecule has 1 aliphatic carbocycles. The minimum Gasteiger partial charge on any atom is -0.493 e. The molecule has 1 saturated heterocycles. The third kappa shape index (κ3) is 5.45. The number of allylic oxidation sites excluding steroid dienone is 1. The second kappa shape index (κ2) is 11.5. The molecule has 12 heteroatoms. The lowest BCUT2D eigenvalue weighted by Gasteiger charge is -2.32. The number of amides is 1. The largest absolute Gasteiger partial charge is 0.493 e.